The molecule has 2 rings (SSSR count). The maximum Gasteiger partial charge on any atom is 0.168 e. The molecule has 1 aromatic heterocycles. The van der Waals surface area contributed by atoms with Crippen LogP contribution in [0.25, 0.3) is 0 Å². The second kappa shape index (κ2) is 6.65. The minimum Gasteiger partial charge on any atom is -0.494 e. The summed E-state index contributed by atoms with van der Waals surface area (Å²) in [5.74, 6) is 5.39. The third kappa shape index (κ3) is 3.25. The van der Waals surface area contributed by atoms with Crippen molar-refractivity contribution in [2.24, 2.45) is 5.84 Å². The number of nitrogens with one attached hydrogen (secondary N) is 1. The van der Waals surface area contributed by atoms with Gasteiger partial charge in [-0.25, -0.2) is 9.37 Å². The molecule has 0 aliphatic rings. The topological polar surface area (TPSA) is 60.2 Å². The van der Waals surface area contributed by atoms with Gasteiger partial charge in [-0.3, -0.25) is 11.3 Å². The van der Waals surface area contributed by atoms with Gasteiger partial charge in [0.25, 0.3) is 0 Å². The minimum atomic E-state index is -0.379. The van der Waals surface area contributed by atoms with E-state index in [1.54, 1.807) is 36.5 Å². The molecule has 1 heterocycles. The highest BCUT2D eigenvalue weighted by atomic mass is 35.5. The van der Waals surface area contributed by atoms with Crippen LogP contribution in [-0.2, 0) is 6.42 Å². The van der Waals surface area contributed by atoms with Crippen LogP contribution in [0.3, 0.4) is 0 Å². The van der Waals surface area contributed by atoms with Crippen LogP contribution in [-0.4, -0.2) is 12.1 Å². The second-order valence-electron chi connectivity index (χ2n) is 4.27. The fourth-order valence-electron chi connectivity index (χ4n) is 2.00. The highest BCUT2D eigenvalue weighted by Crippen LogP contribution is 2.25. The normalized spacial score (nSPS) is 12.2. The van der Waals surface area contributed by atoms with Crippen molar-refractivity contribution in [1.82, 2.24) is 10.4 Å². The lowest BCUT2D eigenvalue weighted by Gasteiger charge is -2.17. The van der Waals surface area contributed by atoms with E-state index in [0.717, 1.165) is 5.56 Å². The molecule has 0 fully saturated rings. The van der Waals surface area contributed by atoms with Crippen molar-refractivity contribution in [2.45, 2.75) is 12.5 Å². The average Bonchev–Trinajstić information content (AvgIpc) is 2.46. The number of nitrogens with two attached hydrogens (primary N) is 1. The van der Waals surface area contributed by atoms with Crippen LogP contribution in [0.15, 0.2) is 36.5 Å². The highest BCUT2D eigenvalue weighted by molar-refractivity contribution is 6.29. The van der Waals surface area contributed by atoms with Gasteiger partial charge in [0.15, 0.2) is 11.6 Å². The first-order chi connectivity index (χ1) is 9.65. The predicted molar refractivity (Wildman–Crippen MR) is 76.0 cm³/mol. The van der Waals surface area contributed by atoms with Crippen molar-refractivity contribution >= 4 is 11.6 Å². The van der Waals surface area contributed by atoms with E-state index >= 15 is 0 Å². The summed E-state index contributed by atoms with van der Waals surface area (Å²) in [5.41, 5.74) is 4.02. The van der Waals surface area contributed by atoms with Gasteiger partial charge in [0.05, 0.1) is 13.2 Å². The number of pyridine rings is 1. The summed E-state index contributed by atoms with van der Waals surface area (Å²) in [7, 11) is 1.43. The molecule has 6 heteroatoms. The first kappa shape index (κ1) is 14.7. The molecule has 0 saturated heterocycles. The van der Waals surface area contributed by atoms with E-state index in [2.05, 4.69) is 10.4 Å². The maximum atomic E-state index is 14.1. The van der Waals surface area contributed by atoms with Crippen molar-refractivity contribution in [3.8, 4) is 5.75 Å². The van der Waals surface area contributed by atoms with Crippen molar-refractivity contribution in [1.29, 1.82) is 0 Å². The summed E-state index contributed by atoms with van der Waals surface area (Å²) in [5, 5.41) is 0.369. The molecule has 0 bridgehead atoms. The molecule has 1 unspecified atom stereocenters. The Balaban J connectivity index is 2.27. The van der Waals surface area contributed by atoms with Gasteiger partial charge in [0, 0.05) is 6.20 Å². The number of nitrogens with zero attached hydrogens (tertiary/aromatic N) is 1. The number of methoxy groups -OCH3 is 1. The van der Waals surface area contributed by atoms with Gasteiger partial charge in [-0.1, -0.05) is 23.7 Å². The first-order valence-corrected chi connectivity index (χ1v) is 6.42. The molecule has 1 aromatic carbocycles. The number of rotatable bonds is 5. The van der Waals surface area contributed by atoms with Crippen molar-refractivity contribution < 1.29 is 9.13 Å². The number of aromatic nitrogens is 1. The summed E-state index contributed by atoms with van der Waals surface area (Å²) in [6.07, 6.45) is 1.96. The SMILES string of the molecule is COc1cccc(CC(NN)c2ccnc(Cl)c2)c1F. The Bertz CT molecular complexity index is 594. The van der Waals surface area contributed by atoms with Crippen LogP contribution < -0.4 is 16.0 Å². The van der Waals surface area contributed by atoms with Gasteiger partial charge in [-0.15, -0.1) is 0 Å². The molecule has 0 spiro atoms. The maximum absolute atomic E-state index is 14.1. The molecule has 106 valence electrons. The molecular weight excluding hydrogens is 281 g/mol. The van der Waals surface area contributed by atoms with E-state index in [4.69, 9.17) is 22.2 Å². The van der Waals surface area contributed by atoms with Gasteiger partial charge >= 0.3 is 0 Å². The number of halogens is 2. The summed E-state index contributed by atoms with van der Waals surface area (Å²) in [6, 6.07) is 8.23. The monoisotopic (exact) mass is 295 g/mol. The largest absolute Gasteiger partial charge is 0.494 e. The smallest absolute Gasteiger partial charge is 0.168 e. The lowest BCUT2D eigenvalue weighted by molar-refractivity contribution is 0.382. The van der Waals surface area contributed by atoms with Crippen molar-refractivity contribution in [3.63, 3.8) is 0 Å². The van der Waals surface area contributed by atoms with E-state index in [-0.39, 0.29) is 17.6 Å². The second-order valence-corrected chi connectivity index (χ2v) is 4.66. The zero-order valence-corrected chi connectivity index (χ0v) is 11.7. The Morgan fingerprint density at radius 2 is 2.25 bits per heavy atom. The van der Waals surface area contributed by atoms with Gasteiger partial charge in [-0.2, -0.15) is 0 Å². The number of benzene rings is 1. The first-order valence-electron chi connectivity index (χ1n) is 6.04. The standard InChI is InChI=1S/C14H15ClFN3O/c1-20-12-4-2-3-10(14(12)16)7-11(19-17)9-5-6-18-13(15)8-9/h2-6,8,11,19H,7,17H2,1H3. The fraction of sp³-hybridized carbons (Fsp3) is 0.214. The quantitative estimate of drug-likeness (QED) is 0.506. The summed E-state index contributed by atoms with van der Waals surface area (Å²) in [4.78, 5) is 3.91. The van der Waals surface area contributed by atoms with Gasteiger partial charge in [-0.05, 0) is 35.7 Å². The lowest BCUT2D eigenvalue weighted by Crippen LogP contribution is -2.29. The van der Waals surface area contributed by atoms with Crippen LogP contribution >= 0.6 is 11.6 Å². The number of hydrogen-bond acceptors (Lipinski definition) is 4. The van der Waals surface area contributed by atoms with Gasteiger partial charge in [0.1, 0.15) is 5.15 Å². The van der Waals surface area contributed by atoms with Gasteiger partial charge in [0.2, 0.25) is 0 Å². The van der Waals surface area contributed by atoms with E-state index in [1.165, 1.54) is 7.11 Å². The van der Waals surface area contributed by atoms with Crippen LogP contribution in [0, 0.1) is 5.82 Å². The number of hydrogen-bond donors (Lipinski definition) is 2. The Kier molecular flexibility index (Phi) is 4.89. The van der Waals surface area contributed by atoms with Crippen molar-refractivity contribution in [2.75, 3.05) is 7.11 Å². The van der Waals surface area contributed by atoms with Crippen LogP contribution in [0.5, 0.6) is 5.75 Å². The zero-order chi connectivity index (χ0) is 14.5. The Morgan fingerprint density at radius 3 is 2.90 bits per heavy atom. The molecular formula is C14H15ClFN3O. The number of hydrazine groups is 1. The molecule has 4 nitrogen and oxygen atoms in total. The third-order valence-electron chi connectivity index (χ3n) is 3.04. The molecule has 20 heavy (non-hydrogen) atoms. The van der Waals surface area contributed by atoms with Gasteiger partial charge < -0.3 is 4.74 Å². The lowest BCUT2D eigenvalue weighted by atomic mass is 9.99. The Hall–Kier alpha value is -1.69. The molecule has 0 amide bonds. The van der Waals surface area contributed by atoms with E-state index < -0.39 is 0 Å². The molecule has 2 aromatic rings. The molecule has 0 aliphatic heterocycles. The average molecular weight is 296 g/mol. The molecule has 0 radical (unpaired) electrons. The molecule has 3 N–H and O–H groups in total. The number of ether oxygens (including phenoxy) is 1. The Labute approximate surface area is 121 Å². The van der Waals surface area contributed by atoms with Crippen molar-refractivity contribution in [3.05, 3.63) is 58.6 Å². The summed E-state index contributed by atoms with van der Waals surface area (Å²) < 4.78 is 19.1. The predicted octanol–water partition coefficient (Wildman–Crippen LogP) is 2.63. The summed E-state index contributed by atoms with van der Waals surface area (Å²) in [6.45, 7) is 0. The van der Waals surface area contributed by atoms with Crippen LogP contribution in [0.4, 0.5) is 4.39 Å². The zero-order valence-electron chi connectivity index (χ0n) is 10.9. The van der Waals surface area contributed by atoms with Crippen LogP contribution in [0.1, 0.15) is 17.2 Å². The minimum absolute atomic E-state index is 0.214. The summed E-state index contributed by atoms with van der Waals surface area (Å²) >= 11 is 5.85. The molecule has 1 atom stereocenters. The van der Waals surface area contributed by atoms with E-state index in [0.29, 0.717) is 17.1 Å². The van der Waals surface area contributed by atoms with E-state index in [9.17, 15) is 4.39 Å². The molecule has 0 saturated carbocycles. The van der Waals surface area contributed by atoms with E-state index in [1.807, 2.05) is 0 Å². The van der Waals surface area contributed by atoms with Crippen LogP contribution in [0.2, 0.25) is 5.15 Å². The fourth-order valence-corrected chi connectivity index (χ4v) is 2.18. The third-order valence-corrected chi connectivity index (χ3v) is 3.25. The Morgan fingerprint density at radius 1 is 1.45 bits per heavy atom. The molecule has 0 aliphatic carbocycles. The highest BCUT2D eigenvalue weighted by Gasteiger charge is 2.16.